The van der Waals surface area contributed by atoms with E-state index in [1.807, 2.05) is 47.2 Å². The van der Waals surface area contributed by atoms with Crippen molar-refractivity contribution in [2.45, 2.75) is 6.54 Å². The predicted octanol–water partition coefficient (Wildman–Crippen LogP) is 3.67. The lowest BCUT2D eigenvalue weighted by atomic mass is 10.1. The lowest BCUT2D eigenvalue weighted by molar-refractivity contribution is 0.248. The molecule has 3 aliphatic heterocycles. The molecular formula is C33H31N11O. The van der Waals surface area contributed by atoms with Crippen LogP contribution in [0.25, 0.3) is 11.4 Å². The van der Waals surface area contributed by atoms with E-state index >= 15 is 0 Å². The summed E-state index contributed by atoms with van der Waals surface area (Å²) in [5.74, 6) is 2.48. The molecule has 1 fully saturated rings. The molecule has 0 unspecified atom stereocenters. The van der Waals surface area contributed by atoms with Crippen LogP contribution in [0, 0.1) is 16.7 Å². The molecule has 3 N–H and O–H groups in total. The Bertz CT molecular complexity index is 1930. The fourth-order valence-electron chi connectivity index (χ4n) is 5.77. The minimum Gasteiger partial charge on any atom is -0.356 e. The summed E-state index contributed by atoms with van der Waals surface area (Å²) in [6, 6.07) is 21.0. The predicted molar refractivity (Wildman–Crippen MR) is 173 cm³/mol. The van der Waals surface area contributed by atoms with Gasteiger partial charge in [-0.1, -0.05) is 24.3 Å². The largest absolute Gasteiger partial charge is 0.356 e. The number of rotatable bonds is 5. The summed E-state index contributed by atoms with van der Waals surface area (Å²) < 4.78 is 0. The number of nitrogens with one attached hydrogen (secondary N) is 3. The Morgan fingerprint density at radius 1 is 1.00 bits per heavy atom. The number of H-pyrrole nitrogens is 1. The molecule has 0 aliphatic carbocycles. The highest BCUT2D eigenvalue weighted by atomic mass is 16.1. The van der Waals surface area contributed by atoms with Crippen LogP contribution in [0.2, 0.25) is 0 Å². The molecule has 4 aromatic rings. The first-order valence-corrected chi connectivity index (χ1v) is 14.7. The number of anilines is 4. The first-order valence-electron chi connectivity index (χ1n) is 14.7. The normalized spacial score (nSPS) is 18.1. The summed E-state index contributed by atoms with van der Waals surface area (Å²) in [6.07, 6.45) is 5.66. The van der Waals surface area contributed by atoms with E-state index < -0.39 is 0 Å². The van der Waals surface area contributed by atoms with E-state index in [1.54, 1.807) is 18.3 Å². The van der Waals surface area contributed by atoms with Gasteiger partial charge in [-0.2, -0.15) is 5.26 Å². The van der Waals surface area contributed by atoms with Crippen LogP contribution in [0.1, 0.15) is 11.3 Å². The first-order chi connectivity index (χ1) is 22.0. The zero-order valence-electron chi connectivity index (χ0n) is 24.7. The highest BCUT2D eigenvalue weighted by Gasteiger charge is 2.32. The molecule has 1 saturated heterocycles. The fourth-order valence-corrected chi connectivity index (χ4v) is 5.77. The Morgan fingerprint density at radius 3 is 2.60 bits per heavy atom. The molecule has 1 aromatic carbocycles. The number of nitrogens with zero attached hydrogens (tertiary/aromatic N) is 8. The SMILES string of the molecule is CN1CC=C/C(=C2/Nc3ccc(-c4cccc(=O)[nH]4)nc3N2c2ccc(CN3CCN(c4nccc(C#N)n4)CC3)cc2)C1=N. The van der Waals surface area contributed by atoms with E-state index in [2.05, 4.69) is 60.4 Å². The van der Waals surface area contributed by atoms with E-state index in [9.17, 15) is 4.79 Å². The smallest absolute Gasteiger partial charge is 0.248 e. The zero-order chi connectivity index (χ0) is 30.9. The van der Waals surface area contributed by atoms with Crippen molar-refractivity contribution in [3.63, 3.8) is 0 Å². The second kappa shape index (κ2) is 11.7. The van der Waals surface area contributed by atoms with Gasteiger partial charge in [-0.05, 0) is 48.0 Å². The molecule has 0 amide bonds. The second-order valence-corrected chi connectivity index (χ2v) is 11.1. The lowest BCUT2D eigenvalue weighted by Crippen LogP contribution is -2.46. The van der Waals surface area contributed by atoms with Crippen molar-refractivity contribution in [2.24, 2.45) is 0 Å². The zero-order valence-corrected chi connectivity index (χ0v) is 24.7. The van der Waals surface area contributed by atoms with Gasteiger partial charge in [0, 0.05) is 64.3 Å². The average Bonchev–Trinajstić information content (AvgIpc) is 3.45. The number of likely N-dealkylation sites (N-methyl/N-ethyl adjacent to an activating group) is 1. The quantitative estimate of drug-likeness (QED) is 0.312. The minimum atomic E-state index is -0.185. The summed E-state index contributed by atoms with van der Waals surface area (Å²) in [6.45, 7) is 4.77. The van der Waals surface area contributed by atoms with Crippen LogP contribution in [0.15, 0.2) is 95.2 Å². The molecule has 45 heavy (non-hydrogen) atoms. The van der Waals surface area contributed by atoms with Gasteiger partial charge in [0.05, 0.1) is 22.6 Å². The van der Waals surface area contributed by atoms with Crippen molar-refractivity contribution in [1.29, 1.82) is 10.7 Å². The molecule has 0 saturated carbocycles. The third kappa shape index (κ3) is 5.52. The van der Waals surface area contributed by atoms with Crippen molar-refractivity contribution in [1.82, 2.24) is 29.7 Å². The van der Waals surface area contributed by atoms with Gasteiger partial charge in [-0.15, -0.1) is 0 Å². The van der Waals surface area contributed by atoms with Gasteiger partial charge in [0.15, 0.2) is 5.82 Å². The molecular weight excluding hydrogens is 566 g/mol. The number of aromatic nitrogens is 4. The molecule has 0 bridgehead atoms. The van der Waals surface area contributed by atoms with Crippen LogP contribution >= 0.6 is 0 Å². The van der Waals surface area contributed by atoms with E-state index in [4.69, 9.17) is 15.7 Å². The van der Waals surface area contributed by atoms with Crippen molar-refractivity contribution in [3.05, 3.63) is 112 Å². The maximum absolute atomic E-state index is 12.0. The van der Waals surface area contributed by atoms with Crippen LogP contribution in [0.3, 0.4) is 0 Å². The van der Waals surface area contributed by atoms with Crippen molar-refractivity contribution in [2.75, 3.05) is 54.9 Å². The Labute approximate surface area is 260 Å². The standard InChI is InChI=1S/C33H31N11O/c1-41-15-3-4-25(30(41)35)31-40-28-12-11-27(26-5-2-6-29(45)38-26)39-32(28)44(31)24-9-7-22(8-10-24)21-42-16-18-43(19-17-42)33-36-14-13-23(20-34)37-33/h2-14,35,40H,15-19,21H2,1H3,(H,38,45)/b31-25+,35-30?. The number of nitriles is 1. The molecule has 0 atom stereocenters. The molecule has 3 aliphatic rings. The van der Waals surface area contributed by atoms with E-state index in [1.165, 1.54) is 11.6 Å². The Kier molecular flexibility index (Phi) is 7.28. The van der Waals surface area contributed by atoms with Crippen molar-refractivity contribution < 1.29 is 0 Å². The van der Waals surface area contributed by atoms with Crippen LogP contribution in [0.5, 0.6) is 0 Å². The first kappa shape index (κ1) is 28.0. The van der Waals surface area contributed by atoms with E-state index in [-0.39, 0.29) is 5.56 Å². The Morgan fingerprint density at radius 2 is 1.82 bits per heavy atom. The van der Waals surface area contributed by atoms with Crippen LogP contribution < -0.4 is 20.7 Å². The van der Waals surface area contributed by atoms with Gasteiger partial charge < -0.3 is 20.1 Å². The van der Waals surface area contributed by atoms with Crippen LogP contribution in [-0.4, -0.2) is 75.3 Å². The van der Waals surface area contributed by atoms with Crippen LogP contribution in [-0.2, 0) is 6.54 Å². The molecule has 224 valence electrons. The molecule has 7 rings (SSSR count). The molecule has 0 spiro atoms. The molecule has 12 heteroatoms. The fraction of sp³-hybridized carbons (Fsp3) is 0.212. The number of hydrogen-bond donors (Lipinski definition) is 3. The topological polar surface area (TPSA) is 144 Å². The lowest BCUT2D eigenvalue weighted by Gasteiger charge is -2.34. The molecule has 12 nitrogen and oxygen atoms in total. The summed E-state index contributed by atoms with van der Waals surface area (Å²) in [5.41, 5.74) is 5.16. The van der Waals surface area contributed by atoms with Crippen molar-refractivity contribution >= 4 is 29.0 Å². The van der Waals surface area contributed by atoms with Gasteiger partial charge in [0.2, 0.25) is 11.5 Å². The third-order valence-electron chi connectivity index (χ3n) is 8.18. The average molecular weight is 598 g/mol. The summed E-state index contributed by atoms with van der Waals surface area (Å²) >= 11 is 0. The van der Waals surface area contributed by atoms with E-state index in [0.29, 0.717) is 41.2 Å². The number of hydrogen-bond acceptors (Lipinski definition) is 10. The Balaban J connectivity index is 1.15. The maximum atomic E-state index is 12.0. The maximum Gasteiger partial charge on any atom is 0.248 e. The van der Waals surface area contributed by atoms with Crippen LogP contribution in [0.4, 0.5) is 23.1 Å². The second-order valence-electron chi connectivity index (χ2n) is 11.1. The van der Waals surface area contributed by atoms with Gasteiger partial charge in [0.25, 0.3) is 0 Å². The monoisotopic (exact) mass is 597 g/mol. The van der Waals surface area contributed by atoms with Gasteiger partial charge in [-0.25, -0.2) is 15.0 Å². The summed E-state index contributed by atoms with van der Waals surface area (Å²) in [5, 5.41) is 21.5. The minimum absolute atomic E-state index is 0.185. The number of fused-ring (bicyclic) bond motifs is 1. The molecule has 0 radical (unpaired) electrons. The highest BCUT2D eigenvalue weighted by Crippen LogP contribution is 2.43. The van der Waals surface area contributed by atoms with Gasteiger partial charge in [-0.3, -0.25) is 20.0 Å². The summed E-state index contributed by atoms with van der Waals surface area (Å²) in [4.78, 5) is 37.0. The molecule has 3 aromatic heterocycles. The summed E-state index contributed by atoms with van der Waals surface area (Å²) in [7, 11) is 1.91. The number of pyridine rings is 2. The number of amidine groups is 1. The number of aromatic amines is 1. The van der Waals surface area contributed by atoms with Crippen molar-refractivity contribution in [3.8, 4) is 17.5 Å². The number of benzene rings is 1. The number of piperazine rings is 1. The van der Waals surface area contributed by atoms with Gasteiger partial charge >= 0.3 is 0 Å². The third-order valence-corrected chi connectivity index (χ3v) is 8.18. The van der Waals surface area contributed by atoms with Gasteiger partial charge in [0.1, 0.15) is 23.4 Å². The molecule has 6 heterocycles. The van der Waals surface area contributed by atoms with E-state index in [0.717, 1.165) is 55.5 Å². The highest BCUT2D eigenvalue weighted by molar-refractivity contribution is 6.03. The Hall–Kier alpha value is -5.80.